The molecule has 0 bridgehead atoms. The van der Waals surface area contributed by atoms with Gasteiger partial charge in [-0.25, -0.2) is 15.0 Å². The third-order valence-corrected chi connectivity index (χ3v) is 5.89. The lowest BCUT2D eigenvalue weighted by Crippen LogP contribution is -2.42. The summed E-state index contributed by atoms with van der Waals surface area (Å²) in [6.07, 6.45) is 5.36. The fraction of sp³-hybridized carbons (Fsp3) is 0.400. The van der Waals surface area contributed by atoms with Crippen molar-refractivity contribution in [3.8, 4) is 0 Å². The molecule has 4 rings (SSSR count). The molecule has 0 saturated carbocycles. The largest absolute Gasteiger partial charge is 0.379 e. The molecule has 0 radical (unpaired) electrons. The van der Waals surface area contributed by atoms with Gasteiger partial charge in [0.2, 0.25) is 5.91 Å². The van der Waals surface area contributed by atoms with Crippen LogP contribution in [-0.2, 0) is 16.0 Å². The zero-order valence-electron chi connectivity index (χ0n) is 15.6. The molecule has 1 aliphatic heterocycles. The van der Waals surface area contributed by atoms with Crippen LogP contribution in [0.15, 0.2) is 48.0 Å². The van der Waals surface area contributed by atoms with Gasteiger partial charge in [0.25, 0.3) is 0 Å². The Kier molecular flexibility index (Phi) is 6.18. The summed E-state index contributed by atoms with van der Waals surface area (Å²) in [4.78, 5) is 30.6. The highest BCUT2D eigenvalue weighted by molar-refractivity contribution is 7.99. The van der Waals surface area contributed by atoms with Crippen molar-refractivity contribution in [2.45, 2.75) is 30.3 Å². The zero-order valence-corrected chi connectivity index (χ0v) is 16.4. The number of carbonyl (C=O) groups is 1. The van der Waals surface area contributed by atoms with Gasteiger partial charge in [0.05, 0.1) is 19.0 Å². The number of thioether (sulfide) groups is 1. The normalized spacial score (nSPS) is 16.5. The maximum Gasteiger partial charge on any atom is 0.223 e. The molecule has 28 heavy (non-hydrogen) atoms. The SMILES string of the molecule is O=C(CCSc1ncnc2nc[nH]c12)N(CCc1ccccc1)C1CCOC1. The molecule has 146 valence electrons. The van der Waals surface area contributed by atoms with Crippen LogP contribution in [-0.4, -0.2) is 62.3 Å². The van der Waals surface area contributed by atoms with E-state index in [0.717, 1.165) is 36.5 Å². The van der Waals surface area contributed by atoms with Gasteiger partial charge in [0, 0.05) is 25.3 Å². The molecule has 1 unspecified atom stereocenters. The van der Waals surface area contributed by atoms with Gasteiger partial charge in [-0.1, -0.05) is 30.3 Å². The van der Waals surface area contributed by atoms with Crippen LogP contribution in [0, 0.1) is 0 Å². The summed E-state index contributed by atoms with van der Waals surface area (Å²) in [7, 11) is 0. The van der Waals surface area contributed by atoms with Crippen LogP contribution in [0.5, 0.6) is 0 Å². The monoisotopic (exact) mass is 397 g/mol. The Morgan fingerprint density at radius 2 is 2.14 bits per heavy atom. The number of rotatable bonds is 8. The Bertz CT molecular complexity index is 911. The standard InChI is InChI=1S/C20H23N5O2S/c26-17(8-11-28-20-18-19(22-13-21-18)23-14-24-20)25(16-7-10-27-12-16)9-6-15-4-2-1-3-5-15/h1-5,13-14,16H,6-12H2,(H,21,22,23,24). The predicted molar refractivity (Wildman–Crippen MR) is 108 cm³/mol. The summed E-state index contributed by atoms with van der Waals surface area (Å²) in [6, 6.07) is 10.5. The second-order valence-electron chi connectivity index (χ2n) is 6.72. The minimum Gasteiger partial charge on any atom is -0.379 e. The number of carbonyl (C=O) groups excluding carboxylic acids is 1. The molecule has 1 atom stereocenters. The lowest BCUT2D eigenvalue weighted by Gasteiger charge is -2.28. The molecule has 2 aromatic heterocycles. The topological polar surface area (TPSA) is 84.0 Å². The highest BCUT2D eigenvalue weighted by Crippen LogP contribution is 2.23. The number of H-pyrrole nitrogens is 1. The van der Waals surface area contributed by atoms with Gasteiger partial charge in [0.1, 0.15) is 16.9 Å². The number of aromatic nitrogens is 4. The second-order valence-corrected chi connectivity index (χ2v) is 7.80. The van der Waals surface area contributed by atoms with Crippen LogP contribution < -0.4 is 0 Å². The van der Waals surface area contributed by atoms with Gasteiger partial charge in [-0.15, -0.1) is 11.8 Å². The number of hydrogen-bond acceptors (Lipinski definition) is 6. The van der Waals surface area contributed by atoms with Gasteiger partial charge < -0.3 is 14.6 Å². The summed E-state index contributed by atoms with van der Waals surface area (Å²) < 4.78 is 5.53. The van der Waals surface area contributed by atoms with Crippen molar-refractivity contribution < 1.29 is 9.53 Å². The van der Waals surface area contributed by atoms with Gasteiger partial charge >= 0.3 is 0 Å². The minimum atomic E-state index is 0.175. The van der Waals surface area contributed by atoms with Gasteiger partial charge in [-0.05, 0) is 18.4 Å². The van der Waals surface area contributed by atoms with E-state index in [1.54, 1.807) is 18.1 Å². The molecule has 7 nitrogen and oxygen atoms in total. The van der Waals surface area contributed by atoms with Gasteiger partial charge in [0.15, 0.2) is 5.65 Å². The summed E-state index contributed by atoms with van der Waals surface area (Å²) in [5, 5.41) is 0.829. The van der Waals surface area contributed by atoms with Crippen molar-refractivity contribution >= 4 is 28.8 Å². The van der Waals surface area contributed by atoms with E-state index in [4.69, 9.17) is 4.74 Å². The minimum absolute atomic E-state index is 0.175. The number of fused-ring (bicyclic) bond motifs is 1. The van der Waals surface area contributed by atoms with E-state index >= 15 is 0 Å². The van der Waals surface area contributed by atoms with Crippen LogP contribution in [0.4, 0.5) is 0 Å². The average molecular weight is 398 g/mol. The smallest absolute Gasteiger partial charge is 0.223 e. The van der Waals surface area contributed by atoms with Crippen molar-refractivity contribution in [1.29, 1.82) is 0 Å². The Labute approximate surface area is 167 Å². The quantitative estimate of drug-likeness (QED) is 0.465. The van der Waals surface area contributed by atoms with Gasteiger partial charge in [-0.3, -0.25) is 4.79 Å². The van der Waals surface area contributed by atoms with E-state index in [-0.39, 0.29) is 11.9 Å². The molecule has 3 heterocycles. The molecule has 1 aliphatic rings. The van der Waals surface area contributed by atoms with E-state index in [1.807, 2.05) is 23.1 Å². The molecule has 0 spiro atoms. The number of nitrogens with one attached hydrogen (secondary N) is 1. The van der Waals surface area contributed by atoms with Crippen LogP contribution >= 0.6 is 11.8 Å². The molecule has 8 heteroatoms. The van der Waals surface area contributed by atoms with E-state index in [9.17, 15) is 4.79 Å². The van der Waals surface area contributed by atoms with Crippen LogP contribution in [0.3, 0.4) is 0 Å². The molecule has 1 N–H and O–H groups in total. The first-order valence-electron chi connectivity index (χ1n) is 9.49. The molecule has 1 aromatic carbocycles. The third-order valence-electron chi connectivity index (χ3n) is 4.89. The van der Waals surface area contributed by atoms with Crippen molar-refractivity contribution in [2.75, 3.05) is 25.5 Å². The maximum atomic E-state index is 13.0. The number of ether oxygens (including phenoxy) is 1. The van der Waals surface area contributed by atoms with E-state index in [0.29, 0.717) is 24.4 Å². The maximum absolute atomic E-state index is 13.0. The predicted octanol–water partition coefficient (Wildman–Crippen LogP) is 2.70. The lowest BCUT2D eigenvalue weighted by atomic mass is 10.1. The van der Waals surface area contributed by atoms with Crippen LogP contribution in [0.25, 0.3) is 11.2 Å². The number of nitrogens with zero attached hydrogens (tertiary/aromatic N) is 4. The molecule has 0 aliphatic carbocycles. The first-order chi connectivity index (χ1) is 13.8. The van der Waals surface area contributed by atoms with Crippen LogP contribution in [0.2, 0.25) is 0 Å². The molecule has 1 saturated heterocycles. The highest BCUT2D eigenvalue weighted by atomic mass is 32.2. The van der Waals surface area contributed by atoms with Crippen molar-refractivity contribution in [1.82, 2.24) is 24.8 Å². The number of hydrogen-bond donors (Lipinski definition) is 1. The summed E-state index contributed by atoms with van der Waals surface area (Å²) >= 11 is 1.56. The summed E-state index contributed by atoms with van der Waals surface area (Å²) in [6.45, 7) is 2.08. The molecular formula is C20H23N5O2S. The Hall–Kier alpha value is -2.45. The second kappa shape index (κ2) is 9.16. The summed E-state index contributed by atoms with van der Waals surface area (Å²) in [5.41, 5.74) is 2.72. The number of aromatic amines is 1. The van der Waals surface area contributed by atoms with E-state index in [1.165, 1.54) is 11.9 Å². The number of imidazole rings is 1. The fourth-order valence-electron chi connectivity index (χ4n) is 3.40. The molecule has 1 fully saturated rings. The zero-order chi connectivity index (χ0) is 19.2. The van der Waals surface area contributed by atoms with Gasteiger partial charge in [-0.2, -0.15) is 0 Å². The summed E-state index contributed by atoms with van der Waals surface area (Å²) in [5.74, 6) is 0.841. The van der Waals surface area contributed by atoms with E-state index in [2.05, 4.69) is 32.1 Å². The average Bonchev–Trinajstić information content (AvgIpc) is 3.41. The number of amides is 1. The Morgan fingerprint density at radius 1 is 1.25 bits per heavy atom. The Balaban J connectivity index is 1.35. The molecule has 1 amide bonds. The number of benzene rings is 1. The highest BCUT2D eigenvalue weighted by Gasteiger charge is 2.26. The molecule has 3 aromatic rings. The van der Waals surface area contributed by atoms with Crippen molar-refractivity contribution in [3.63, 3.8) is 0 Å². The van der Waals surface area contributed by atoms with Crippen LogP contribution in [0.1, 0.15) is 18.4 Å². The van der Waals surface area contributed by atoms with E-state index < -0.39 is 0 Å². The first kappa shape index (κ1) is 18.9. The lowest BCUT2D eigenvalue weighted by molar-refractivity contribution is -0.133. The Morgan fingerprint density at radius 3 is 2.96 bits per heavy atom. The first-order valence-corrected chi connectivity index (χ1v) is 10.5. The molecular weight excluding hydrogens is 374 g/mol. The van der Waals surface area contributed by atoms with Crippen molar-refractivity contribution in [3.05, 3.63) is 48.5 Å². The van der Waals surface area contributed by atoms with Crippen molar-refractivity contribution in [2.24, 2.45) is 0 Å². The third kappa shape index (κ3) is 4.51. The fourth-order valence-corrected chi connectivity index (χ4v) is 4.29.